The summed E-state index contributed by atoms with van der Waals surface area (Å²) < 4.78 is 12.3. The number of aromatic nitrogens is 2. The standard InChI is InChI=1S/C21H22N2O4/c1-21(2,3)27-18(24)13-23-17-12-15(26-4)10-11-16(17)22-20(23)19(25)14-8-6-5-7-9-14/h5-12H,13H2,1-4H3. The van der Waals surface area contributed by atoms with E-state index in [2.05, 4.69) is 4.98 Å². The van der Waals surface area contributed by atoms with E-state index in [1.807, 2.05) is 6.07 Å². The predicted molar refractivity (Wildman–Crippen MR) is 102 cm³/mol. The summed E-state index contributed by atoms with van der Waals surface area (Å²) in [5.41, 5.74) is 1.14. The molecule has 6 heteroatoms. The van der Waals surface area contributed by atoms with Crippen LogP contribution in [-0.4, -0.2) is 34.0 Å². The molecule has 0 aliphatic carbocycles. The molecule has 0 radical (unpaired) electrons. The van der Waals surface area contributed by atoms with Crippen LogP contribution >= 0.6 is 0 Å². The number of fused-ring (bicyclic) bond motifs is 1. The van der Waals surface area contributed by atoms with Crippen LogP contribution in [0.5, 0.6) is 5.75 Å². The van der Waals surface area contributed by atoms with Crippen molar-refractivity contribution in [3.8, 4) is 5.75 Å². The van der Waals surface area contributed by atoms with E-state index in [0.29, 0.717) is 22.3 Å². The van der Waals surface area contributed by atoms with E-state index in [9.17, 15) is 9.59 Å². The van der Waals surface area contributed by atoms with Crippen LogP contribution in [0.2, 0.25) is 0 Å². The van der Waals surface area contributed by atoms with Gasteiger partial charge in [-0.3, -0.25) is 9.59 Å². The van der Waals surface area contributed by atoms with Crippen molar-refractivity contribution in [2.24, 2.45) is 0 Å². The number of methoxy groups -OCH3 is 1. The molecule has 140 valence electrons. The number of hydrogen-bond donors (Lipinski definition) is 0. The summed E-state index contributed by atoms with van der Waals surface area (Å²) in [6.07, 6.45) is 0. The van der Waals surface area contributed by atoms with Crippen LogP contribution in [0.15, 0.2) is 48.5 Å². The number of ether oxygens (including phenoxy) is 2. The van der Waals surface area contributed by atoms with Gasteiger partial charge in [0, 0.05) is 11.6 Å². The Hall–Kier alpha value is -3.15. The summed E-state index contributed by atoms with van der Waals surface area (Å²) in [7, 11) is 1.56. The Labute approximate surface area is 157 Å². The van der Waals surface area contributed by atoms with Crippen LogP contribution in [0.3, 0.4) is 0 Å². The molecule has 0 aliphatic heterocycles. The second kappa shape index (κ2) is 7.23. The molecule has 6 nitrogen and oxygen atoms in total. The highest BCUT2D eigenvalue weighted by Gasteiger charge is 2.23. The minimum absolute atomic E-state index is 0.116. The third-order valence-corrected chi connectivity index (χ3v) is 3.90. The quantitative estimate of drug-likeness (QED) is 0.509. The molecule has 2 aromatic carbocycles. The second-order valence-electron chi connectivity index (χ2n) is 7.16. The zero-order valence-electron chi connectivity index (χ0n) is 15.9. The van der Waals surface area contributed by atoms with Gasteiger partial charge in [-0.25, -0.2) is 4.98 Å². The molecular formula is C21H22N2O4. The first-order valence-electron chi connectivity index (χ1n) is 8.64. The normalized spacial score (nSPS) is 11.4. The molecule has 1 aromatic heterocycles. The van der Waals surface area contributed by atoms with Crippen LogP contribution in [0, 0.1) is 0 Å². The fourth-order valence-corrected chi connectivity index (χ4v) is 2.78. The van der Waals surface area contributed by atoms with Gasteiger partial charge in [0.25, 0.3) is 0 Å². The topological polar surface area (TPSA) is 70.4 Å². The lowest BCUT2D eigenvalue weighted by Gasteiger charge is -2.20. The lowest BCUT2D eigenvalue weighted by molar-refractivity contribution is -0.155. The van der Waals surface area contributed by atoms with Crippen LogP contribution in [0.25, 0.3) is 11.0 Å². The van der Waals surface area contributed by atoms with E-state index in [0.717, 1.165) is 0 Å². The Balaban J connectivity index is 2.09. The molecule has 3 aromatic rings. The van der Waals surface area contributed by atoms with Gasteiger partial charge in [-0.05, 0) is 32.9 Å². The molecule has 1 heterocycles. The van der Waals surface area contributed by atoms with Gasteiger partial charge in [0.2, 0.25) is 5.78 Å². The van der Waals surface area contributed by atoms with E-state index in [4.69, 9.17) is 9.47 Å². The highest BCUT2D eigenvalue weighted by molar-refractivity contribution is 6.08. The van der Waals surface area contributed by atoms with Crippen LogP contribution in [-0.2, 0) is 16.1 Å². The molecule has 0 aliphatic rings. The Kier molecular flexibility index (Phi) is 4.99. The Bertz CT molecular complexity index is 985. The Morgan fingerprint density at radius 2 is 1.78 bits per heavy atom. The van der Waals surface area contributed by atoms with Crippen molar-refractivity contribution in [2.45, 2.75) is 32.9 Å². The highest BCUT2D eigenvalue weighted by atomic mass is 16.6. The number of imidazole rings is 1. The molecule has 0 saturated heterocycles. The summed E-state index contributed by atoms with van der Waals surface area (Å²) in [6, 6.07) is 14.2. The van der Waals surface area contributed by atoms with Gasteiger partial charge in [0.1, 0.15) is 17.9 Å². The molecule has 27 heavy (non-hydrogen) atoms. The van der Waals surface area contributed by atoms with Gasteiger partial charge in [-0.15, -0.1) is 0 Å². The number of ketones is 1. The van der Waals surface area contributed by atoms with Crippen molar-refractivity contribution in [1.29, 1.82) is 0 Å². The van der Waals surface area contributed by atoms with Gasteiger partial charge < -0.3 is 14.0 Å². The average Bonchev–Trinajstić information content (AvgIpc) is 2.97. The molecule has 3 rings (SSSR count). The zero-order valence-corrected chi connectivity index (χ0v) is 15.9. The van der Waals surface area contributed by atoms with Crippen molar-refractivity contribution in [3.05, 3.63) is 59.9 Å². The fraction of sp³-hybridized carbons (Fsp3) is 0.286. The number of carbonyl (C=O) groups excluding carboxylic acids is 2. The zero-order chi connectivity index (χ0) is 19.6. The van der Waals surface area contributed by atoms with Crippen molar-refractivity contribution in [2.75, 3.05) is 7.11 Å². The largest absolute Gasteiger partial charge is 0.497 e. The van der Waals surface area contributed by atoms with Gasteiger partial charge >= 0.3 is 5.97 Å². The van der Waals surface area contributed by atoms with Gasteiger partial charge in [-0.1, -0.05) is 30.3 Å². The van der Waals surface area contributed by atoms with Crippen LogP contribution in [0.4, 0.5) is 0 Å². The number of rotatable bonds is 5. The van der Waals surface area contributed by atoms with Crippen molar-refractivity contribution in [1.82, 2.24) is 9.55 Å². The monoisotopic (exact) mass is 366 g/mol. The Morgan fingerprint density at radius 3 is 2.41 bits per heavy atom. The van der Waals surface area contributed by atoms with E-state index in [1.165, 1.54) is 0 Å². The first-order valence-corrected chi connectivity index (χ1v) is 8.64. The first-order chi connectivity index (χ1) is 12.8. The van der Waals surface area contributed by atoms with Gasteiger partial charge in [0.05, 0.1) is 18.1 Å². The third-order valence-electron chi connectivity index (χ3n) is 3.90. The van der Waals surface area contributed by atoms with E-state index in [1.54, 1.807) is 74.9 Å². The summed E-state index contributed by atoms with van der Waals surface area (Å²) in [5, 5.41) is 0. The number of benzene rings is 2. The molecule has 0 saturated carbocycles. The minimum atomic E-state index is -0.616. The van der Waals surface area contributed by atoms with Crippen molar-refractivity contribution < 1.29 is 19.1 Å². The van der Waals surface area contributed by atoms with E-state index >= 15 is 0 Å². The summed E-state index contributed by atoms with van der Waals surface area (Å²) in [4.78, 5) is 29.9. The maximum Gasteiger partial charge on any atom is 0.326 e. The maximum atomic E-state index is 13.0. The van der Waals surface area contributed by atoms with Crippen molar-refractivity contribution in [3.63, 3.8) is 0 Å². The third kappa shape index (κ3) is 4.16. The average molecular weight is 366 g/mol. The van der Waals surface area contributed by atoms with E-state index < -0.39 is 11.6 Å². The lowest BCUT2D eigenvalue weighted by atomic mass is 10.1. The molecular weight excluding hydrogens is 344 g/mol. The Morgan fingerprint density at radius 1 is 1.07 bits per heavy atom. The molecule has 0 N–H and O–H groups in total. The minimum Gasteiger partial charge on any atom is -0.497 e. The number of nitrogens with zero attached hydrogens (tertiary/aromatic N) is 2. The smallest absolute Gasteiger partial charge is 0.326 e. The van der Waals surface area contributed by atoms with Crippen LogP contribution < -0.4 is 4.74 Å². The fourth-order valence-electron chi connectivity index (χ4n) is 2.78. The number of esters is 1. The molecule has 0 bridgehead atoms. The van der Waals surface area contributed by atoms with Crippen molar-refractivity contribution >= 4 is 22.8 Å². The number of hydrogen-bond acceptors (Lipinski definition) is 5. The van der Waals surface area contributed by atoms with Gasteiger partial charge in [-0.2, -0.15) is 0 Å². The molecule has 0 amide bonds. The summed E-state index contributed by atoms with van der Waals surface area (Å²) >= 11 is 0. The van der Waals surface area contributed by atoms with E-state index in [-0.39, 0.29) is 18.2 Å². The molecule has 0 unspecified atom stereocenters. The highest BCUT2D eigenvalue weighted by Crippen LogP contribution is 2.24. The molecule has 0 atom stereocenters. The second-order valence-corrected chi connectivity index (χ2v) is 7.16. The summed E-state index contributed by atoms with van der Waals surface area (Å²) in [5.74, 6) is 0.114. The predicted octanol–water partition coefficient (Wildman–Crippen LogP) is 3.62. The number of carbonyl (C=O) groups is 2. The maximum absolute atomic E-state index is 13.0. The molecule has 0 spiro atoms. The van der Waals surface area contributed by atoms with Gasteiger partial charge in [0.15, 0.2) is 5.82 Å². The van der Waals surface area contributed by atoms with Crippen LogP contribution in [0.1, 0.15) is 37.0 Å². The first kappa shape index (κ1) is 18.6. The SMILES string of the molecule is COc1ccc2nc(C(=O)c3ccccc3)n(CC(=O)OC(C)(C)C)c2c1. The lowest BCUT2D eigenvalue weighted by Crippen LogP contribution is -2.27. The molecule has 0 fully saturated rings. The summed E-state index contributed by atoms with van der Waals surface area (Å²) in [6.45, 7) is 5.29.